The average Bonchev–Trinajstić information content (AvgIpc) is 2.84. The molecule has 0 aromatic rings. The molecule has 1 fully saturated rings. The fourth-order valence-corrected chi connectivity index (χ4v) is 16.0. The Bertz CT molecular complexity index is 543. The van der Waals surface area contributed by atoms with Gasteiger partial charge in [-0.15, -0.1) is 0 Å². The first kappa shape index (κ1) is 18.8. The number of hydrogen-bond donors (Lipinski definition) is 1. The highest BCUT2D eigenvalue weighted by Crippen LogP contribution is 2.79. The summed E-state index contributed by atoms with van der Waals surface area (Å²) in [5.41, 5.74) is 0. The molecule has 1 spiro atoms. The standard InChI is InChI=1S/C10H29N8OP3/c1-15(2)21(16(3)4)12-20(11-9-10-19-20)13-22(14-21,17(5)6)18(7)8/h11H,9-10H2,1-8H3. The third-order valence-electron chi connectivity index (χ3n) is 3.56. The van der Waals surface area contributed by atoms with Crippen LogP contribution in [0.2, 0.25) is 0 Å². The fraction of sp³-hybridized carbons (Fsp3) is 1.00. The van der Waals surface area contributed by atoms with Crippen LogP contribution in [0.25, 0.3) is 0 Å². The van der Waals surface area contributed by atoms with Gasteiger partial charge in [-0.25, -0.2) is 23.8 Å². The fourth-order valence-electron chi connectivity index (χ4n) is 2.42. The monoisotopic (exact) mass is 370 g/mol. The van der Waals surface area contributed by atoms with Crippen molar-refractivity contribution >= 4 is 22.6 Å². The van der Waals surface area contributed by atoms with Crippen LogP contribution in [0, 0.1) is 0 Å². The van der Waals surface area contributed by atoms with Crippen molar-refractivity contribution in [3.8, 4) is 0 Å². The van der Waals surface area contributed by atoms with Gasteiger partial charge in [0, 0.05) is 6.54 Å². The highest BCUT2D eigenvalue weighted by molar-refractivity contribution is 7.82. The van der Waals surface area contributed by atoms with Gasteiger partial charge in [-0.2, -0.15) is 13.5 Å². The van der Waals surface area contributed by atoms with Gasteiger partial charge in [0.2, 0.25) is 15.0 Å². The molecule has 9 nitrogen and oxygen atoms in total. The van der Waals surface area contributed by atoms with Crippen molar-refractivity contribution in [2.75, 3.05) is 69.5 Å². The van der Waals surface area contributed by atoms with E-state index in [1.807, 2.05) is 56.4 Å². The molecule has 1 saturated heterocycles. The summed E-state index contributed by atoms with van der Waals surface area (Å²) >= 11 is 0. The maximum Gasteiger partial charge on any atom is 0.279 e. The Morgan fingerprint density at radius 3 is 1.55 bits per heavy atom. The molecule has 0 aliphatic carbocycles. The third-order valence-corrected chi connectivity index (χ3v) is 14.8. The first-order chi connectivity index (χ1) is 10.1. The van der Waals surface area contributed by atoms with E-state index >= 15 is 0 Å². The Hall–Kier alpha value is 0.450. The lowest BCUT2D eigenvalue weighted by atomic mass is 10.8. The Labute approximate surface area is 134 Å². The largest absolute Gasteiger partial charge is 0.314 e. The van der Waals surface area contributed by atoms with Crippen molar-refractivity contribution < 1.29 is 4.52 Å². The highest BCUT2D eigenvalue weighted by atomic mass is 31.3. The van der Waals surface area contributed by atoms with Crippen molar-refractivity contribution in [3.05, 3.63) is 0 Å². The van der Waals surface area contributed by atoms with Crippen LogP contribution >= 0.6 is 22.6 Å². The van der Waals surface area contributed by atoms with E-state index in [-0.39, 0.29) is 0 Å². The third kappa shape index (κ3) is 2.92. The van der Waals surface area contributed by atoms with Crippen LogP contribution < -0.4 is 5.09 Å². The molecule has 0 aromatic carbocycles. The molecule has 2 heterocycles. The smallest absolute Gasteiger partial charge is 0.279 e. The summed E-state index contributed by atoms with van der Waals surface area (Å²) < 4.78 is 30.0. The van der Waals surface area contributed by atoms with Crippen molar-refractivity contribution in [1.29, 1.82) is 0 Å². The van der Waals surface area contributed by atoms with E-state index in [0.29, 0.717) is 6.61 Å². The van der Waals surface area contributed by atoms with Crippen LogP contribution in [-0.2, 0) is 4.52 Å². The molecule has 0 saturated carbocycles. The van der Waals surface area contributed by atoms with E-state index in [2.05, 4.69) is 23.8 Å². The van der Waals surface area contributed by atoms with Crippen LogP contribution in [0.4, 0.5) is 0 Å². The predicted molar refractivity (Wildman–Crippen MR) is 96.7 cm³/mol. The zero-order valence-corrected chi connectivity index (χ0v) is 17.5. The molecule has 0 amide bonds. The lowest BCUT2D eigenvalue weighted by Crippen LogP contribution is -2.26. The number of nitrogens with one attached hydrogen (secondary N) is 1. The molecule has 1 N–H and O–H groups in total. The molecule has 22 heavy (non-hydrogen) atoms. The predicted octanol–water partition coefficient (Wildman–Crippen LogP) is 2.70. The summed E-state index contributed by atoms with van der Waals surface area (Å²) in [6, 6.07) is 0. The van der Waals surface area contributed by atoms with Gasteiger partial charge >= 0.3 is 0 Å². The van der Waals surface area contributed by atoms with Crippen molar-refractivity contribution in [2.45, 2.75) is 0 Å². The molecule has 1 unspecified atom stereocenters. The van der Waals surface area contributed by atoms with E-state index in [1.54, 1.807) is 0 Å². The first-order valence-electron chi connectivity index (χ1n) is 7.13. The SMILES string of the molecule is CN(C)P1(N(C)C)=NP2(=NP(N(C)C)(N(C)C)=N1)NCCO2. The summed E-state index contributed by atoms with van der Waals surface area (Å²) in [5, 5.41) is 3.45. The van der Waals surface area contributed by atoms with Crippen molar-refractivity contribution in [3.63, 3.8) is 0 Å². The topological polar surface area (TPSA) is 71.3 Å². The van der Waals surface area contributed by atoms with E-state index in [4.69, 9.17) is 18.1 Å². The van der Waals surface area contributed by atoms with Gasteiger partial charge in [-0.05, 0) is 56.4 Å². The molecule has 2 aliphatic heterocycles. The van der Waals surface area contributed by atoms with E-state index in [1.165, 1.54) is 0 Å². The normalized spacial score (nSPS) is 30.0. The van der Waals surface area contributed by atoms with Crippen LogP contribution in [0.3, 0.4) is 0 Å². The summed E-state index contributed by atoms with van der Waals surface area (Å²) in [7, 11) is 9.51. The van der Waals surface area contributed by atoms with Gasteiger partial charge in [0.15, 0.2) is 0 Å². The van der Waals surface area contributed by atoms with Crippen LogP contribution in [0.1, 0.15) is 0 Å². The second-order valence-electron chi connectivity index (χ2n) is 6.02. The molecule has 0 aromatic heterocycles. The minimum absolute atomic E-state index is 0.655. The van der Waals surface area contributed by atoms with Gasteiger partial charge in [-0.3, -0.25) is 0 Å². The van der Waals surface area contributed by atoms with Crippen molar-refractivity contribution in [1.82, 2.24) is 23.8 Å². The molecule has 0 radical (unpaired) electrons. The van der Waals surface area contributed by atoms with Crippen LogP contribution in [-0.4, -0.2) is 88.2 Å². The quantitative estimate of drug-likeness (QED) is 0.768. The molecular weight excluding hydrogens is 341 g/mol. The zero-order chi connectivity index (χ0) is 16.8. The maximum absolute atomic E-state index is 6.05. The van der Waals surface area contributed by atoms with Crippen molar-refractivity contribution in [2.24, 2.45) is 13.5 Å². The Morgan fingerprint density at radius 2 is 1.18 bits per heavy atom. The lowest BCUT2D eigenvalue weighted by molar-refractivity contribution is 0.392. The van der Waals surface area contributed by atoms with Gasteiger partial charge in [0.05, 0.1) is 6.61 Å². The Kier molecular flexibility index (Phi) is 5.46. The second-order valence-corrected chi connectivity index (χ2v) is 15.2. The van der Waals surface area contributed by atoms with E-state index in [0.717, 1.165) is 6.54 Å². The summed E-state index contributed by atoms with van der Waals surface area (Å²) in [4.78, 5) is 0. The zero-order valence-electron chi connectivity index (χ0n) is 14.8. The maximum atomic E-state index is 6.05. The molecule has 130 valence electrons. The first-order valence-corrected chi connectivity index (χ1v) is 11.9. The number of hydrogen-bond acceptors (Lipinski definition) is 9. The molecule has 1 atom stereocenters. The van der Waals surface area contributed by atoms with Gasteiger partial charge < -0.3 is 4.52 Å². The Balaban J connectivity index is 2.88. The second kappa shape index (κ2) is 6.40. The van der Waals surface area contributed by atoms with Crippen LogP contribution in [0.15, 0.2) is 13.5 Å². The molecule has 2 rings (SSSR count). The summed E-state index contributed by atoms with van der Waals surface area (Å²) in [6.07, 6.45) is 0. The summed E-state index contributed by atoms with van der Waals surface area (Å²) in [5.74, 6) is 0. The number of rotatable bonds is 4. The number of nitrogens with zero attached hydrogens (tertiary/aromatic N) is 7. The van der Waals surface area contributed by atoms with Crippen LogP contribution in [0.5, 0.6) is 0 Å². The summed E-state index contributed by atoms with van der Waals surface area (Å²) in [6.45, 7) is 1.45. The van der Waals surface area contributed by atoms with Gasteiger partial charge in [-0.1, -0.05) is 0 Å². The van der Waals surface area contributed by atoms with Gasteiger partial charge in [0.1, 0.15) is 0 Å². The lowest BCUT2D eigenvalue weighted by Gasteiger charge is -2.43. The molecule has 0 bridgehead atoms. The molecule has 2 aliphatic rings. The Morgan fingerprint density at radius 1 is 0.727 bits per heavy atom. The molecule has 12 heteroatoms. The average molecular weight is 370 g/mol. The highest BCUT2D eigenvalue weighted by Gasteiger charge is 2.44. The minimum Gasteiger partial charge on any atom is -0.314 e. The minimum atomic E-state index is -2.36. The van der Waals surface area contributed by atoms with Gasteiger partial charge in [0.25, 0.3) is 7.58 Å². The molecular formula is C10H29N8OP3. The van der Waals surface area contributed by atoms with E-state index in [9.17, 15) is 0 Å². The van der Waals surface area contributed by atoms with E-state index < -0.39 is 22.6 Å².